The molecule has 2 amide bonds. The highest BCUT2D eigenvalue weighted by Crippen LogP contribution is 2.38. The molecule has 0 aliphatic carbocycles. The third kappa shape index (κ3) is 3.25. The van der Waals surface area contributed by atoms with Crippen LogP contribution in [-0.2, 0) is 6.54 Å². The molecule has 2 aromatic carbocycles. The van der Waals surface area contributed by atoms with Crippen LogP contribution in [0, 0.1) is 0 Å². The topological polar surface area (TPSA) is 46.5 Å². The van der Waals surface area contributed by atoms with Gasteiger partial charge in [0.15, 0.2) is 0 Å². The van der Waals surface area contributed by atoms with Crippen LogP contribution in [0.15, 0.2) is 84.4 Å². The highest BCUT2D eigenvalue weighted by Gasteiger charge is 2.33. The maximum Gasteiger partial charge on any atom is 0.323 e. The van der Waals surface area contributed by atoms with Gasteiger partial charge in [0.05, 0.1) is 25.0 Å². The number of carbonyl (C=O) groups excluding carboxylic acids is 1. The van der Waals surface area contributed by atoms with Gasteiger partial charge >= 0.3 is 6.03 Å². The Kier molecular flexibility index (Phi) is 4.77. The van der Waals surface area contributed by atoms with Crippen molar-refractivity contribution in [2.75, 3.05) is 12.4 Å². The third-order valence-corrected chi connectivity index (χ3v) is 6.28. The van der Waals surface area contributed by atoms with Crippen molar-refractivity contribution in [1.82, 2.24) is 9.47 Å². The van der Waals surface area contributed by atoms with Crippen molar-refractivity contribution in [3.63, 3.8) is 0 Å². The summed E-state index contributed by atoms with van der Waals surface area (Å²) in [5, 5.41) is 5.12. The van der Waals surface area contributed by atoms with Crippen LogP contribution in [0.25, 0.3) is 5.69 Å². The van der Waals surface area contributed by atoms with Crippen LogP contribution < -0.4 is 10.1 Å². The van der Waals surface area contributed by atoms with Gasteiger partial charge in [0, 0.05) is 22.8 Å². The molecule has 150 valence electrons. The number of nitrogens with one attached hydrogen (secondary N) is 1. The van der Waals surface area contributed by atoms with Gasteiger partial charge in [-0.1, -0.05) is 30.3 Å². The molecule has 0 saturated heterocycles. The van der Waals surface area contributed by atoms with Crippen LogP contribution in [0.5, 0.6) is 5.75 Å². The minimum Gasteiger partial charge on any atom is -0.497 e. The molecular formula is C24H21N3O2S. The van der Waals surface area contributed by atoms with Gasteiger partial charge in [-0.15, -0.1) is 11.3 Å². The van der Waals surface area contributed by atoms with Gasteiger partial charge in [-0.2, -0.15) is 0 Å². The lowest BCUT2D eigenvalue weighted by atomic mass is 10.1. The molecule has 1 aliphatic heterocycles. The number of benzene rings is 2. The highest BCUT2D eigenvalue weighted by molar-refractivity contribution is 7.10. The number of amides is 2. The molecule has 5 rings (SSSR count). The number of thiophene rings is 1. The van der Waals surface area contributed by atoms with Gasteiger partial charge in [-0.25, -0.2) is 4.79 Å². The van der Waals surface area contributed by atoms with Crippen molar-refractivity contribution < 1.29 is 9.53 Å². The zero-order chi connectivity index (χ0) is 20.5. The van der Waals surface area contributed by atoms with Crippen molar-refractivity contribution in [3.8, 4) is 11.4 Å². The second kappa shape index (κ2) is 7.72. The summed E-state index contributed by atoms with van der Waals surface area (Å²) in [6.45, 7) is 0.510. The number of carbonyl (C=O) groups is 1. The molecule has 5 nitrogen and oxygen atoms in total. The van der Waals surface area contributed by atoms with E-state index in [0.717, 1.165) is 21.8 Å². The molecular weight excluding hydrogens is 394 g/mol. The Morgan fingerprint density at radius 2 is 1.97 bits per heavy atom. The van der Waals surface area contributed by atoms with Gasteiger partial charge in [0.2, 0.25) is 0 Å². The Hall–Kier alpha value is -3.51. The quantitative estimate of drug-likeness (QED) is 0.468. The number of rotatable bonds is 3. The van der Waals surface area contributed by atoms with E-state index < -0.39 is 0 Å². The number of nitrogens with zero attached hydrogens (tertiary/aromatic N) is 2. The van der Waals surface area contributed by atoms with Crippen LogP contribution in [0.4, 0.5) is 10.5 Å². The molecule has 0 unspecified atom stereocenters. The predicted molar refractivity (Wildman–Crippen MR) is 119 cm³/mol. The summed E-state index contributed by atoms with van der Waals surface area (Å²) in [4.78, 5) is 16.6. The lowest BCUT2D eigenvalue weighted by Gasteiger charge is -2.30. The number of aromatic nitrogens is 1. The standard InChI is InChI=1S/C24H21N3O2S/c1-29-19-9-4-8-18(15-19)25-24(28)27-16-17-7-2-3-10-20(17)26-13-5-11-21(26)23(27)22-12-6-14-30-22/h2-15,23H,16H2,1H3,(H,25,28)/t23-/m1/s1. The first kappa shape index (κ1) is 18.5. The Morgan fingerprint density at radius 1 is 1.07 bits per heavy atom. The van der Waals surface area contributed by atoms with E-state index in [9.17, 15) is 4.79 Å². The van der Waals surface area contributed by atoms with Gasteiger partial charge in [0.25, 0.3) is 0 Å². The van der Waals surface area contributed by atoms with Crippen molar-refractivity contribution in [1.29, 1.82) is 0 Å². The molecule has 1 N–H and O–H groups in total. The molecule has 3 heterocycles. The largest absolute Gasteiger partial charge is 0.497 e. The normalized spacial score (nSPS) is 15.1. The Morgan fingerprint density at radius 3 is 2.80 bits per heavy atom. The first-order valence-electron chi connectivity index (χ1n) is 9.75. The Labute approximate surface area is 179 Å². The molecule has 30 heavy (non-hydrogen) atoms. The number of methoxy groups -OCH3 is 1. The SMILES string of the molecule is COc1cccc(NC(=O)N2Cc3ccccc3-n3cccc3[C@@H]2c2cccs2)c1. The summed E-state index contributed by atoms with van der Waals surface area (Å²) in [5.74, 6) is 0.706. The number of hydrogen-bond donors (Lipinski definition) is 1. The van der Waals surface area contributed by atoms with Crippen LogP contribution in [0.2, 0.25) is 0 Å². The molecule has 0 spiro atoms. The van der Waals surface area contributed by atoms with Crippen LogP contribution in [-0.4, -0.2) is 22.6 Å². The Bertz CT molecular complexity index is 1180. The zero-order valence-electron chi connectivity index (χ0n) is 16.5. The first-order valence-corrected chi connectivity index (χ1v) is 10.6. The summed E-state index contributed by atoms with van der Waals surface area (Å²) >= 11 is 1.66. The molecule has 0 saturated carbocycles. The molecule has 1 atom stereocenters. The molecule has 0 bridgehead atoms. The van der Waals surface area contributed by atoms with E-state index in [2.05, 4.69) is 45.7 Å². The van der Waals surface area contributed by atoms with E-state index in [1.807, 2.05) is 53.4 Å². The van der Waals surface area contributed by atoms with E-state index in [4.69, 9.17) is 4.74 Å². The van der Waals surface area contributed by atoms with Gasteiger partial charge in [-0.05, 0) is 47.3 Å². The average molecular weight is 416 g/mol. The van der Waals surface area contributed by atoms with Crippen molar-refractivity contribution >= 4 is 23.1 Å². The van der Waals surface area contributed by atoms with Crippen molar-refractivity contribution in [2.24, 2.45) is 0 Å². The molecule has 1 aliphatic rings. The number of ether oxygens (including phenoxy) is 1. The number of para-hydroxylation sites is 1. The molecule has 0 fully saturated rings. The van der Waals surface area contributed by atoms with E-state index in [-0.39, 0.29) is 12.1 Å². The van der Waals surface area contributed by atoms with Gasteiger partial charge < -0.3 is 19.5 Å². The summed E-state index contributed by atoms with van der Waals surface area (Å²) in [5.41, 5.74) is 3.99. The molecule has 2 aromatic heterocycles. The summed E-state index contributed by atoms with van der Waals surface area (Å²) < 4.78 is 7.49. The van der Waals surface area contributed by atoms with Crippen molar-refractivity contribution in [3.05, 3.63) is 101 Å². The highest BCUT2D eigenvalue weighted by atomic mass is 32.1. The van der Waals surface area contributed by atoms with E-state index in [0.29, 0.717) is 18.0 Å². The predicted octanol–water partition coefficient (Wildman–Crippen LogP) is 5.68. The average Bonchev–Trinajstić information content (AvgIpc) is 3.45. The fourth-order valence-electron chi connectivity index (χ4n) is 3.98. The van der Waals surface area contributed by atoms with Crippen LogP contribution in [0.3, 0.4) is 0 Å². The smallest absolute Gasteiger partial charge is 0.323 e. The molecule has 4 aromatic rings. The second-order valence-electron chi connectivity index (χ2n) is 7.14. The molecule has 0 radical (unpaired) electrons. The summed E-state index contributed by atoms with van der Waals surface area (Å²) in [7, 11) is 1.62. The van der Waals surface area contributed by atoms with Crippen LogP contribution in [0.1, 0.15) is 22.2 Å². The summed E-state index contributed by atoms with van der Waals surface area (Å²) in [6, 6.07) is 23.6. The van der Waals surface area contributed by atoms with Crippen molar-refractivity contribution in [2.45, 2.75) is 12.6 Å². The summed E-state index contributed by atoms with van der Waals surface area (Å²) in [6.07, 6.45) is 2.07. The number of hydrogen-bond acceptors (Lipinski definition) is 3. The third-order valence-electron chi connectivity index (χ3n) is 5.36. The van der Waals surface area contributed by atoms with E-state index >= 15 is 0 Å². The number of urea groups is 1. The van der Waals surface area contributed by atoms with E-state index in [1.165, 1.54) is 0 Å². The maximum atomic E-state index is 13.5. The number of anilines is 1. The monoisotopic (exact) mass is 415 g/mol. The lowest BCUT2D eigenvalue weighted by molar-refractivity contribution is 0.195. The Balaban J connectivity index is 1.59. The second-order valence-corrected chi connectivity index (χ2v) is 8.12. The zero-order valence-corrected chi connectivity index (χ0v) is 17.3. The maximum absolute atomic E-state index is 13.5. The molecule has 6 heteroatoms. The number of fused-ring (bicyclic) bond motifs is 3. The van der Waals surface area contributed by atoms with Gasteiger partial charge in [-0.3, -0.25) is 0 Å². The fourth-order valence-corrected chi connectivity index (χ4v) is 4.83. The minimum atomic E-state index is -0.182. The minimum absolute atomic E-state index is 0.147. The van der Waals surface area contributed by atoms with E-state index in [1.54, 1.807) is 18.4 Å². The van der Waals surface area contributed by atoms with Gasteiger partial charge in [0.1, 0.15) is 11.8 Å². The lowest BCUT2D eigenvalue weighted by Crippen LogP contribution is -2.37. The van der Waals surface area contributed by atoms with Crippen LogP contribution >= 0.6 is 11.3 Å². The first-order chi connectivity index (χ1) is 14.7. The fraction of sp³-hybridized carbons (Fsp3) is 0.125.